The van der Waals surface area contributed by atoms with Crippen LogP contribution in [0.15, 0.2) is 29.2 Å². The summed E-state index contributed by atoms with van der Waals surface area (Å²) in [6.07, 6.45) is 2.12. The van der Waals surface area contributed by atoms with Crippen molar-refractivity contribution in [2.75, 3.05) is 25.9 Å². The van der Waals surface area contributed by atoms with Crippen molar-refractivity contribution in [3.63, 3.8) is 0 Å². The van der Waals surface area contributed by atoms with E-state index in [1.54, 1.807) is 11.8 Å². The van der Waals surface area contributed by atoms with Gasteiger partial charge in [-0.05, 0) is 37.8 Å². The van der Waals surface area contributed by atoms with Crippen molar-refractivity contribution in [1.29, 1.82) is 0 Å². The van der Waals surface area contributed by atoms with Crippen LogP contribution in [0.25, 0.3) is 0 Å². The number of nitrogens with one attached hydrogen (secondary N) is 1. The predicted octanol–water partition coefficient (Wildman–Crippen LogP) is 2.59. The molecule has 17 heavy (non-hydrogen) atoms. The first-order chi connectivity index (χ1) is 8.09. The number of hydrogen-bond acceptors (Lipinski definition) is 3. The molecule has 0 unspecified atom stereocenters. The molecule has 0 radical (unpaired) electrons. The summed E-state index contributed by atoms with van der Waals surface area (Å²) in [5.74, 6) is 0. The van der Waals surface area contributed by atoms with Crippen LogP contribution in [0.2, 0.25) is 0 Å². The molecule has 1 saturated heterocycles. The van der Waals surface area contributed by atoms with Gasteiger partial charge in [-0.25, -0.2) is 0 Å². The van der Waals surface area contributed by atoms with Crippen molar-refractivity contribution in [2.45, 2.75) is 30.8 Å². The molecule has 1 aliphatic heterocycles. The summed E-state index contributed by atoms with van der Waals surface area (Å²) in [4.78, 5) is 3.87. The van der Waals surface area contributed by atoms with Crippen molar-refractivity contribution in [3.05, 3.63) is 29.8 Å². The van der Waals surface area contributed by atoms with Gasteiger partial charge in [-0.2, -0.15) is 0 Å². The van der Waals surface area contributed by atoms with Gasteiger partial charge in [-0.1, -0.05) is 12.1 Å². The molecule has 1 aliphatic rings. The Bertz CT molecular complexity index is 359. The van der Waals surface area contributed by atoms with E-state index in [1.165, 1.54) is 10.5 Å². The summed E-state index contributed by atoms with van der Waals surface area (Å²) in [6, 6.07) is 8.93. The normalized spacial score (nSPS) is 20.4. The highest BCUT2D eigenvalue weighted by Gasteiger charge is 2.25. The second-order valence-corrected chi connectivity index (χ2v) is 6.25. The van der Waals surface area contributed by atoms with E-state index in [0.717, 1.165) is 26.2 Å². The minimum atomic E-state index is 0.247. The molecule has 0 spiro atoms. The van der Waals surface area contributed by atoms with Gasteiger partial charge in [0, 0.05) is 36.6 Å². The molecule has 2 nitrogen and oxygen atoms in total. The molecule has 0 aliphatic carbocycles. The number of thioether (sulfide) groups is 1. The number of hydrogen-bond donors (Lipinski definition) is 1. The third-order valence-electron chi connectivity index (χ3n) is 3.22. The molecule has 1 heterocycles. The number of benzene rings is 1. The molecule has 1 N–H and O–H groups in total. The van der Waals surface area contributed by atoms with Crippen LogP contribution in [0.4, 0.5) is 0 Å². The van der Waals surface area contributed by atoms with E-state index in [-0.39, 0.29) is 5.54 Å². The lowest BCUT2D eigenvalue weighted by atomic mass is 10.0. The summed E-state index contributed by atoms with van der Waals surface area (Å²) < 4.78 is 0. The molecular weight excluding hydrogens is 228 g/mol. The fraction of sp³-hybridized carbons (Fsp3) is 0.571. The van der Waals surface area contributed by atoms with E-state index in [2.05, 4.69) is 54.6 Å². The first kappa shape index (κ1) is 12.9. The van der Waals surface area contributed by atoms with Crippen molar-refractivity contribution >= 4 is 11.8 Å². The Hall–Kier alpha value is -0.510. The average Bonchev–Trinajstić information content (AvgIpc) is 2.29. The maximum absolute atomic E-state index is 3.55. The van der Waals surface area contributed by atoms with Crippen LogP contribution >= 0.6 is 11.8 Å². The largest absolute Gasteiger partial charge is 0.309 e. The number of rotatable bonds is 3. The van der Waals surface area contributed by atoms with Gasteiger partial charge in [0.15, 0.2) is 0 Å². The van der Waals surface area contributed by atoms with Gasteiger partial charge >= 0.3 is 0 Å². The molecule has 0 amide bonds. The molecule has 0 aromatic heterocycles. The van der Waals surface area contributed by atoms with Gasteiger partial charge in [0.2, 0.25) is 0 Å². The van der Waals surface area contributed by atoms with Crippen LogP contribution in [-0.2, 0) is 6.54 Å². The lowest BCUT2D eigenvalue weighted by Crippen LogP contribution is -2.56. The summed E-state index contributed by atoms with van der Waals surface area (Å²) in [5, 5.41) is 3.55. The third kappa shape index (κ3) is 3.73. The highest BCUT2D eigenvalue weighted by Crippen LogP contribution is 2.17. The quantitative estimate of drug-likeness (QED) is 0.830. The summed E-state index contributed by atoms with van der Waals surface area (Å²) in [5.41, 5.74) is 1.66. The molecule has 0 bridgehead atoms. The topological polar surface area (TPSA) is 15.3 Å². The highest BCUT2D eigenvalue weighted by atomic mass is 32.2. The second-order valence-electron chi connectivity index (χ2n) is 5.37. The highest BCUT2D eigenvalue weighted by molar-refractivity contribution is 7.98. The lowest BCUT2D eigenvalue weighted by molar-refractivity contribution is 0.148. The van der Waals surface area contributed by atoms with Gasteiger partial charge in [0.05, 0.1) is 0 Å². The summed E-state index contributed by atoms with van der Waals surface area (Å²) in [7, 11) is 0. The molecule has 0 atom stereocenters. The summed E-state index contributed by atoms with van der Waals surface area (Å²) >= 11 is 1.80. The Balaban J connectivity index is 1.95. The zero-order chi connectivity index (χ0) is 12.3. The number of piperazine rings is 1. The van der Waals surface area contributed by atoms with Crippen LogP contribution in [0.3, 0.4) is 0 Å². The van der Waals surface area contributed by atoms with Crippen LogP contribution in [0.1, 0.15) is 19.4 Å². The fourth-order valence-electron chi connectivity index (χ4n) is 2.37. The Kier molecular flexibility index (Phi) is 4.13. The SMILES string of the molecule is CSc1ccc(CN2CCNC(C)(C)C2)cc1. The zero-order valence-electron chi connectivity index (χ0n) is 11.0. The van der Waals surface area contributed by atoms with E-state index in [0.29, 0.717) is 0 Å². The van der Waals surface area contributed by atoms with Gasteiger partial charge in [-0.3, -0.25) is 4.90 Å². The maximum Gasteiger partial charge on any atom is 0.0252 e. The molecule has 3 heteroatoms. The van der Waals surface area contributed by atoms with E-state index >= 15 is 0 Å². The first-order valence-electron chi connectivity index (χ1n) is 6.19. The minimum absolute atomic E-state index is 0.247. The third-order valence-corrected chi connectivity index (χ3v) is 3.96. The van der Waals surface area contributed by atoms with Crippen molar-refractivity contribution in [1.82, 2.24) is 10.2 Å². The molecule has 0 saturated carbocycles. The Morgan fingerprint density at radius 3 is 2.59 bits per heavy atom. The Morgan fingerprint density at radius 1 is 1.29 bits per heavy atom. The van der Waals surface area contributed by atoms with Gasteiger partial charge < -0.3 is 5.32 Å². The smallest absolute Gasteiger partial charge is 0.0252 e. The zero-order valence-corrected chi connectivity index (χ0v) is 11.8. The van der Waals surface area contributed by atoms with Crippen LogP contribution < -0.4 is 5.32 Å². The molecule has 94 valence electrons. The Morgan fingerprint density at radius 2 is 2.00 bits per heavy atom. The standard InChI is InChI=1S/C14H22N2S/c1-14(2)11-16(9-8-15-14)10-12-4-6-13(17-3)7-5-12/h4-7,15H,8-11H2,1-3H3. The monoisotopic (exact) mass is 250 g/mol. The lowest BCUT2D eigenvalue weighted by Gasteiger charge is -2.39. The Labute approximate surface area is 109 Å². The van der Waals surface area contributed by atoms with Crippen molar-refractivity contribution in [3.8, 4) is 0 Å². The van der Waals surface area contributed by atoms with Gasteiger partial charge in [0.25, 0.3) is 0 Å². The van der Waals surface area contributed by atoms with Crippen LogP contribution in [0, 0.1) is 0 Å². The van der Waals surface area contributed by atoms with E-state index in [4.69, 9.17) is 0 Å². The minimum Gasteiger partial charge on any atom is -0.309 e. The first-order valence-corrected chi connectivity index (χ1v) is 7.42. The van der Waals surface area contributed by atoms with E-state index < -0.39 is 0 Å². The van der Waals surface area contributed by atoms with Gasteiger partial charge in [0.1, 0.15) is 0 Å². The van der Waals surface area contributed by atoms with E-state index in [9.17, 15) is 0 Å². The second kappa shape index (κ2) is 5.42. The molecule has 1 aromatic rings. The average molecular weight is 250 g/mol. The predicted molar refractivity (Wildman–Crippen MR) is 75.6 cm³/mol. The van der Waals surface area contributed by atoms with Crippen LogP contribution in [0.5, 0.6) is 0 Å². The van der Waals surface area contributed by atoms with Gasteiger partial charge in [-0.15, -0.1) is 11.8 Å². The molecule has 1 fully saturated rings. The van der Waals surface area contributed by atoms with E-state index in [1.807, 2.05) is 0 Å². The molecule has 1 aromatic carbocycles. The number of nitrogens with zero attached hydrogens (tertiary/aromatic N) is 1. The summed E-state index contributed by atoms with van der Waals surface area (Å²) in [6.45, 7) is 8.98. The fourth-order valence-corrected chi connectivity index (χ4v) is 2.78. The van der Waals surface area contributed by atoms with Crippen molar-refractivity contribution < 1.29 is 0 Å². The molecular formula is C14H22N2S. The van der Waals surface area contributed by atoms with Crippen molar-refractivity contribution in [2.24, 2.45) is 0 Å². The maximum atomic E-state index is 3.55. The molecule has 2 rings (SSSR count). The van der Waals surface area contributed by atoms with Crippen LogP contribution in [-0.4, -0.2) is 36.3 Å².